The van der Waals surface area contributed by atoms with E-state index in [9.17, 15) is 9.59 Å². The first-order valence-corrected chi connectivity index (χ1v) is 9.88. The zero-order valence-electron chi connectivity index (χ0n) is 15.1. The number of benzene rings is 2. The predicted molar refractivity (Wildman–Crippen MR) is 109 cm³/mol. The molecule has 0 radical (unpaired) electrons. The van der Waals surface area contributed by atoms with Crippen molar-refractivity contribution in [2.75, 3.05) is 13.7 Å². The third-order valence-corrected chi connectivity index (χ3v) is 5.43. The molecule has 9 heteroatoms. The van der Waals surface area contributed by atoms with Gasteiger partial charge in [0.15, 0.2) is 4.80 Å². The summed E-state index contributed by atoms with van der Waals surface area (Å²) in [6.07, 6.45) is 0. The zero-order valence-corrected chi connectivity index (χ0v) is 17.4. The second-order valence-corrected chi connectivity index (χ2v) is 7.48. The van der Waals surface area contributed by atoms with E-state index in [0.717, 1.165) is 4.70 Å². The molecule has 0 aliphatic rings. The van der Waals surface area contributed by atoms with Gasteiger partial charge in [-0.2, -0.15) is 4.99 Å². The van der Waals surface area contributed by atoms with Gasteiger partial charge >= 0.3 is 5.97 Å². The van der Waals surface area contributed by atoms with Gasteiger partial charge in [-0.25, -0.2) is 0 Å². The number of nitrogens with zero attached hydrogens (tertiary/aromatic N) is 2. The SMILES string of the molecule is CCOc1cccc2sc(=NC(=O)c3ccc(Cl)cc3Cl)n(CC(=O)OC)c12. The summed E-state index contributed by atoms with van der Waals surface area (Å²) in [4.78, 5) is 29.2. The third-order valence-electron chi connectivity index (χ3n) is 3.84. The molecule has 3 rings (SSSR count). The molecule has 0 bridgehead atoms. The molecule has 0 aliphatic carbocycles. The first-order valence-electron chi connectivity index (χ1n) is 8.30. The van der Waals surface area contributed by atoms with Crippen LogP contribution >= 0.6 is 34.5 Å². The highest BCUT2D eigenvalue weighted by Crippen LogP contribution is 2.28. The monoisotopic (exact) mass is 438 g/mol. The Bertz CT molecular complexity index is 1120. The molecule has 1 amide bonds. The highest BCUT2D eigenvalue weighted by molar-refractivity contribution is 7.16. The molecule has 0 N–H and O–H groups in total. The molecule has 0 fully saturated rings. The molecule has 1 aromatic heterocycles. The average Bonchev–Trinajstić information content (AvgIpc) is 2.99. The largest absolute Gasteiger partial charge is 0.492 e. The molecule has 0 saturated carbocycles. The van der Waals surface area contributed by atoms with Crippen LogP contribution < -0.4 is 9.54 Å². The van der Waals surface area contributed by atoms with E-state index in [2.05, 4.69) is 4.99 Å². The van der Waals surface area contributed by atoms with Gasteiger partial charge in [-0.05, 0) is 37.3 Å². The number of para-hydroxylation sites is 1. The number of carbonyl (C=O) groups is 2. The maximum Gasteiger partial charge on any atom is 0.325 e. The number of hydrogen-bond acceptors (Lipinski definition) is 5. The van der Waals surface area contributed by atoms with Crippen LogP contribution in [0.5, 0.6) is 5.75 Å². The molecule has 0 atom stereocenters. The van der Waals surface area contributed by atoms with Crippen LogP contribution in [-0.2, 0) is 16.1 Å². The Kier molecular flexibility index (Phi) is 6.39. The van der Waals surface area contributed by atoms with E-state index in [1.807, 2.05) is 19.1 Å². The number of aromatic nitrogens is 1. The van der Waals surface area contributed by atoms with Crippen molar-refractivity contribution >= 4 is 56.6 Å². The molecule has 28 heavy (non-hydrogen) atoms. The fourth-order valence-corrected chi connectivity index (χ4v) is 4.14. The maximum atomic E-state index is 12.7. The number of hydrogen-bond donors (Lipinski definition) is 0. The van der Waals surface area contributed by atoms with Crippen LogP contribution in [0.4, 0.5) is 0 Å². The number of methoxy groups -OCH3 is 1. The van der Waals surface area contributed by atoms with Crippen LogP contribution in [0.2, 0.25) is 10.0 Å². The second kappa shape index (κ2) is 8.77. The van der Waals surface area contributed by atoms with Gasteiger partial charge in [-0.15, -0.1) is 0 Å². The van der Waals surface area contributed by atoms with E-state index in [0.29, 0.717) is 27.7 Å². The van der Waals surface area contributed by atoms with Crippen molar-refractivity contribution in [3.8, 4) is 5.75 Å². The van der Waals surface area contributed by atoms with Gasteiger partial charge < -0.3 is 14.0 Å². The lowest BCUT2D eigenvalue weighted by molar-refractivity contribution is -0.141. The molecule has 2 aromatic carbocycles. The number of thiazole rings is 1. The van der Waals surface area contributed by atoms with Crippen LogP contribution in [0, 0.1) is 0 Å². The Morgan fingerprint density at radius 3 is 2.68 bits per heavy atom. The molecule has 0 aliphatic heterocycles. The molecular weight excluding hydrogens is 423 g/mol. The smallest absolute Gasteiger partial charge is 0.325 e. The Hall–Kier alpha value is -2.35. The molecule has 1 heterocycles. The van der Waals surface area contributed by atoms with Gasteiger partial charge in [-0.1, -0.05) is 40.6 Å². The molecule has 0 saturated heterocycles. The molecule has 0 unspecified atom stereocenters. The molecular formula is C19H16Cl2N2O4S. The summed E-state index contributed by atoms with van der Waals surface area (Å²) in [7, 11) is 1.30. The summed E-state index contributed by atoms with van der Waals surface area (Å²) in [6.45, 7) is 2.22. The van der Waals surface area contributed by atoms with Crippen molar-refractivity contribution in [3.63, 3.8) is 0 Å². The van der Waals surface area contributed by atoms with Crippen LogP contribution in [0.1, 0.15) is 17.3 Å². The zero-order chi connectivity index (χ0) is 20.3. The normalized spacial score (nSPS) is 11.6. The quantitative estimate of drug-likeness (QED) is 0.556. The van der Waals surface area contributed by atoms with Gasteiger partial charge in [0.2, 0.25) is 0 Å². The van der Waals surface area contributed by atoms with Crippen molar-refractivity contribution in [2.45, 2.75) is 13.5 Å². The number of amides is 1. The van der Waals surface area contributed by atoms with Gasteiger partial charge in [0.1, 0.15) is 17.8 Å². The maximum absolute atomic E-state index is 12.7. The highest BCUT2D eigenvalue weighted by Gasteiger charge is 2.17. The fraction of sp³-hybridized carbons (Fsp3) is 0.211. The predicted octanol–water partition coefficient (Wildman–Crippen LogP) is 4.32. The Morgan fingerprint density at radius 2 is 2.00 bits per heavy atom. The average molecular weight is 439 g/mol. The first kappa shape index (κ1) is 20.4. The summed E-state index contributed by atoms with van der Waals surface area (Å²) in [5, 5.41) is 0.627. The van der Waals surface area contributed by atoms with Crippen molar-refractivity contribution in [1.29, 1.82) is 0 Å². The summed E-state index contributed by atoms with van der Waals surface area (Å²) >= 11 is 13.3. The van der Waals surface area contributed by atoms with E-state index < -0.39 is 11.9 Å². The topological polar surface area (TPSA) is 69.9 Å². The standard InChI is InChI=1S/C19H16Cl2N2O4S/c1-3-27-14-5-4-6-15-17(14)23(10-16(24)26-2)19(28-15)22-18(25)12-8-7-11(20)9-13(12)21/h4-9H,3,10H2,1-2H3. The summed E-state index contributed by atoms with van der Waals surface area (Å²) in [6, 6.07) is 10.1. The van der Waals surface area contributed by atoms with E-state index in [-0.39, 0.29) is 17.1 Å². The van der Waals surface area contributed by atoms with E-state index in [1.54, 1.807) is 16.7 Å². The Morgan fingerprint density at radius 1 is 1.21 bits per heavy atom. The minimum absolute atomic E-state index is 0.110. The Balaban J connectivity index is 2.20. The summed E-state index contributed by atoms with van der Waals surface area (Å²) in [5.74, 6) is -0.409. The lowest BCUT2D eigenvalue weighted by Crippen LogP contribution is -2.22. The number of fused-ring (bicyclic) bond motifs is 1. The molecule has 3 aromatic rings. The Labute approximate surface area is 174 Å². The van der Waals surface area contributed by atoms with Gasteiger partial charge in [-0.3, -0.25) is 9.59 Å². The van der Waals surface area contributed by atoms with Crippen molar-refractivity contribution < 1.29 is 19.1 Å². The third kappa shape index (κ3) is 4.22. The van der Waals surface area contributed by atoms with Crippen LogP contribution in [-0.4, -0.2) is 30.2 Å². The van der Waals surface area contributed by atoms with Crippen LogP contribution in [0.15, 0.2) is 41.4 Å². The van der Waals surface area contributed by atoms with E-state index in [1.165, 1.54) is 30.6 Å². The minimum atomic E-state index is -0.537. The number of rotatable bonds is 5. The van der Waals surface area contributed by atoms with Crippen LogP contribution in [0.3, 0.4) is 0 Å². The fourth-order valence-electron chi connectivity index (χ4n) is 2.61. The lowest BCUT2D eigenvalue weighted by atomic mass is 10.2. The number of ether oxygens (including phenoxy) is 2. The summed E-state index contributed by atoms with van der Waals surface area (Å²) < 4.78 is 12.9. The van der Waals surface area contributed by atoms with Gasteiger partial charge in [0, 0.05) is 5.02 Å². The lowest BCUT2D eigenvalue weighted by Gasteiger charge is -2.09. The van der Waals surface area contributed by atoms with Crippen molar-refractivity contribution in [1.82, 2.24) is 4.57 Å². The van der Waals surface area contributed by atoms with Crippen molar-refractivity contribution in [3.05, 3.63) is 56.8 Å². The van der Waals surface area contributed by atoms with E-state index >= 15 is 0 Å². The van der Waals surface area contributed by atoms with E-state index in [4.69, 9.17) is 32.7 Å². The summed E-state index contributed by atoms with van der Waals surface area (Å²) in [5.41, 5.74) is 0.895. The van der Waals surface area contributed by atoms with Gasteiger partial charge in [0.05, 0.1) is 29.0 Å². The minimum Gasteiger partial charge on any atom is -0.492 e. The number of carbonyl (C=O) groups excluding carboxylic acids is 2. The number of esters is 1. The van der Waals surface area contributed by atoms with Crippen molar-refractivity contribution in [2.24, 2.45) is 4.99 Å². The van der Waals surface area contributed by atoms with Gasteiger partial charge in [0.25, 0.3) is 5.91 Å². The molecule has 146 valence electrons. The molecule has 6 nitrogen and oxygen atoms in total. The van der Waals surface area contributed by atoms with Crippen LogP contribution in [0.25, 0.3) is 10.2 Å². The number of halogens is 2. The molecule has 0 spiro atoms. The highest BCUT2D eigenvalue weighted by atomic mass is 35.5. The first-order chi connectivity index (χ1) is 13.4. The second-order valence-electron chi connectivity index (χ2n) is 5.62.